The molecule has 142 valence electrons. The molecule has 0 unspecified atom stereocenters. The fraction of sp³-hybridized carbons (Fsp3) is 0.333. The van der Waals surface area contributed by atoms with Crippen LogP contribution in [0.1, 0.15) is 29.8 Å². The summed E-state index contributed by atoms with van der Waals surface area (Å²) >= 11 is 7.54. The number of carbonyl (C=O) groups is 1. The molecule has 0 saturated carbocycles. The predicted molar refractivity (Wildman–Crippen MR) is 115 cm³/mol. The van der Waals surface area contributed by atoms with Crippen LogP contribution >= 0.6 is 22.9 Å². The Balaban J connectivity index is 1.94. The number of benzene rings is 2. The number of nitrogens with zero attached hydrogens (tertiary/aromatic N) is 3. The number of fused-ring (bicyclic) bond motifs is 1. The molecule has 1 amide bonds. The van der Waals surface area contributed by atoms with Crippen molar-refractivity contribution >= 4 is 44.2 Å². The van der Waals surface area contributed by atoms with Gasteiger partial charge >= 0.3 is 0 Å². The number of anilines is 1. The Hall–Kier alpha value is -1.95. The Bertz CT molecular complexity index is 919. The maximum absolute atomic E-state index is 13.2. The summed E-state index contributed by atoms with van der Waals surface area (Å²) in [5, 5.41) is 1.36. The molecule has 2 aromatic carbocycles. The van der Waals surface area contributed by atoms with Crippen LogP contribution in [0.4, 0.5) is 5.13 Å². The number of aromatic nitrogens is 1. The number of hydrogen-bond donors (Lipinski definition) is 0. The quantitative estimate of drug-likeness (QED) is 0.542. The summed E-state index contributed by atoms with van der Waals surface area (Å²) in [7, 11) is 0. The second-order valence-corrected chi connectivity index (χ2v) is 7.90. The van der Waals surface area contributed by atoms with Crippen molar-refractivity contribution in [3.63, 3.8) is 0 Å². The van der Waals surface area contributed by atoms with Gasteiger partial charge in [0.1, 0.15) is 0 Å². The number of halogens is 1. The summed E-state index contributed by atoms with van der Waals surface area (Å²) in [6.07, 6.45) is 0. The van der Waals surface area contributed by atoms with Gasteiger partial charge in [-0.05, 0) is 62.0 Å². The molecule has 3 rings (SSSR count). The Morgan fingerprint density at radius 1 is 1.07 bits per heavy atom. The van der Waals surface area contributed by atoms with Gasteiger partial charge in [-0.3, -0.25) is 9.69 Å². The van der Waals surface area contributed by atoms with E-state index in [1.54, 1.807) is 40.5 Å². The molecule has 1 aromatic heterocycles. The van der Waals surface area contributed by atoms with Crippen molar-refractivity contribution in [2.24, 2.45) is 0 Å². The van der Waals surface area contributed by atoms with Crippen molar-refractivity contribution in [2.45, 2.75) is 20.8 Å². The SMILES string of the molecule is CCN(CC)CCN(C(=O)c1ccc(Cl)cc1)c1nc2ccc(C)cc2s1. The first-order chi connectivity index (χ1) is 13.0. The lowest BCUT2D eigenvalue weighted by Crippen LogP contribution is -2.38. The summed E-state index contributed by atoms with van der Waals surface area (Å²) in [4.78, 5) is 22.0. The van der Waals surface area contributed by atoms with Gasteiger partial charge in [0.05, 0.1) is 10.2 Å². The zero-order chi connectivity index (χ0) is 19.4. The van der Waals surface area contributed by atoms with E-state index in [1.807, 2.05) is 12.1 Å². The molecule has 0 N–H and O–H groups in total. The lowest BCUT2D eigenvalue weighted by Gasteiger charge is -2.24. The number of carbonyl (C=O) groups excluding carboxylic acids is 1. The molecular formula is C21H24ClN3OS. The number of thiazole rings is 1. The van der Waals surface area contributed by atoms with Crippen molar-refractivity contribution in [1.82, 2.24) is 9.88 Å². The molecule has 0 aliphatic carbocycles. The van der Waals surface area contributed by atoms with Crippen LogP contribution in [0.15, 0.2) is 42.5 Å². The third kappa shape index (κ3) is 4.67. The minimum atomic E-state index is -0.0467. The highest BCUT2D eigenvalue weighted by Crippen LogP contribution is 2.30. The van der Waals surface area contributed by atoms with Crippen LogP contribution in [0.25, 0.3) is 10.2 Å². The maximum atomic E-state index is 13.2. The fourth-order valence-electron chi connectivity index (χ4n) is 2.95. The Labute approximate surface area is 169 Å². The van der Waals surface area contributed by atoms with Gasteiger partial charge in [0.2, 0.25) is 0 Å². The number of rotatable bonds is 7. The van der Waals surface area contributed by atoms with E-state index in [0.29, 0.717) is 17.1 Å². The Kier molecular flexibility index (Phi) is 6.47. The lowest BCUT2D eigenvalue weighted by atomic mass is 10.2. The molecule has 0 atom stereocenters. The maximum Gasteiger partial charge on any atom is 0.260 e. The van der Waals surface area contributed by atoms with E-state index >= 15 is 0 Å². The topological polar surface area (TPSA) is 36.4 Å². The molecule has 6 heteroatoms. The zero-order valence-electron chi connectivity index (χ0n) is 15.9. The van der Waals surface area contributed by atoms with Crippen molar-refractivity contribution in [3.05, 3.63) is 58.6 Å². The van der Waals surface area contributed by atoms with Crippen LogP contribution in [0, 0.1) is 6.92 Å². The van der Waals surface area contributed by atoms with E-state index in [-0.39, 0.29) is 5.91 Å². The van der Waals surface area contributed by atoms with Crippen LogP contribution < -0.4 is 4.90 Å². The monoisotopic (exact) mass is 401 g/mol. The first kappa shape index (κ1) is 19.8. The second kappa shape index (κ2) is 8.83. The van der Waals surface area contributed by atoms with Crippen molar-refractivity contribution < 1.29 is 4.79 Å². The first-order valence-electron chi connectivity index (χ1n) is 9.18. The average Bonchev–Trinajstić information content (AvgIpc) is 3.08. The van der Waals surface area contributed by atoms with Crippen molar-refractivity contribution in [3.8, 4) is 0 Å². The fourth-order valence-corrected chi connectivity index (χ4v) is 4.16. The van der Waals surface area contributed by atoms with Gasteiger partial charge in [0.25, 0.3) is 5.91 Å². The molecule has 0 aliphatic rings. The van der Waals surface area contributed by atoms with Crippen LogP contribution in [0.2, 0.25) is 5.02 Å². The molecule has 3 aromatic rings. The summed E-state index contributed by atoms with van der Waals surface area (Å²) in [5.74, 6) is -0.0467. The molecule has 1 heterocycles. The first-order valence-corrected chi connectivity index (χ1v) is 10.4. The molecule has 0 saturated heterocycles. The molecule has 0 spiro atoms. The smallest absolute Gasteiger partial charge is 0.260 e. The van der Waals surface area contributed by atoms with Gasteiger partial charge in [-0.2, -0.15) is 0 Å². The molecule has 4 nitrogen and oxygen atoms in total. The van der Waals surface area contributed by atoms with Gasteiger partial charge in [0.15, 0.2) is 5.13 Å². The number of amides is 1. The minimum Gasteiger partial charge on any atom is -0.302 e. The van der Waals surface area contributed by atoms with E-state index in [2.05, 4.69) is 31.7 Å². The van der Waals surface area contributed by atoms with Gasteiger partial charge in [-0.25, -0.2) is 4.98 Å². The minimum absolute atomic E-state index is 0.0467. The van der Waals surface area contributed by atoms with Crippen LogP contribution in [0.5, 0.6) is 0 Å². The van der Waals surface area contributed by atoms with E-state index in [1.165, 1.54) is 5.56 Å². The normalized spacial score (nSPS) is 11.3. The molecule has 0 radical (unpaired) electrons. The summed E-state index contributed by atoms with van der Waals surface area (Å²) < 4.78 is 1.10. The summed E-state index contributed by atoms with van der Waals surface area (Å²) in [5.41, 5.74) is 2.74. The van der Waals surface area contributed by atoms with Crippen LogP contribution in [0.3, 0.4) is 0 Å². The molecule has 27 heavy (non-hydrogen) atoms. The highest BCUT2D eigenvalue weighted by atomic mass is 35.5. The van der Waals surface area contributed by atoms with Crippen molar-refractivity contribution in [1.29, 1.82) is 0 Å². The van der Waals surface area contributed by atoms with Gasteiger partial charge < -0.3 is 4.90 Å². The Morgan fingerprint density at radius 3 is 2.44 bits per heavy atom. The average molecular weight is 402 g/mol. The molecule has 0 fully saturated rings. The van der Waals surface area contributed by atoms with E-state index in [9.17, 15) is 4.79 Å². The lowest BCUT2D eigenvalue weighted by molar-refractivity contribution is 0.0984. The van der Waals surface area contributed by atoms with E-state index in [0.717, 1.165) is 35.0 Å². The second-order valence-electron chi connectivity index (χ2n) is 6.46. The molecule has 0 aliphatic heterocycles. The van der Waals surface area contributed by atoms with Gasteiger partial charge in [-0.1, -0.05) is 42.9 Å². The third-order valence-electron chi connectivity index (χ3n) is 4.63. The largest absolute Gasteiger partial charge is 0.302 e. The standard InChI is InChI=1S/C21H24ClN3OS/c1-4-24(5-2)12-13-25(20(26)16-7-9-17(22)10-8-16)21-23-18-11-6-15(3)14-19(18)27-21/h6-11,14H,4-5,12-13H2,1-3H3. The highest BCUT2D eigenvalue weighted by molar-refractivity contribution is 7.22. The highest BCUT2D eigenvalue weighted by Gasteiger charge is 2.22. The zero-order valence-corrected chi connectivity index (χ0v) is 17.5. The molecular weight excluding hydrogens is 378 g/mol. The summed E-state index contributed by atoms with van der Waals surface area (Å²) in [6, 6.07) is 13.2. The number of hydrogen-bond acceptors (Lipinski definition) is 4. The van der Waals surface area contributed by atoms with Gasteiger partial charge in [-0.15, -0.1) is 0 Å². The summed E-state index contributed by atoms with van der Waals surface area (Å²) in [6.45, 7) is 9.65. The molecule has 0 bridgehead atoms. The van der Waals surface area contributed by atoms with Gasteiger partial charge in [0, 0.05) is 23.7 Å². The van der Waals surface area contributed by atoms with Crippen molar-refractivity contribution in [2.75, 3.05) is 31.1 Å². The van der Waals surface area contributed by atoms with E-state index in [4.69, 9.17) is 16.6 Å². The van der Waals surface area contributed by atoms with E-state index < -0.39 is 0 Å². The predicted octanol–water partition coefficient (Wildman–Crippen LogP) is 5.25. The number of aryl methyl sites for hydroxylation is 1. The third-order valence-corrected chi connectivity index (χ3v) is 5.93. The van der Waals surface area contributed by atoms with Crippen LogP contribution in [-0.2, 0) is 0 Å². The van der Waals surface area contributed by atoms with Crippen LogP contribution in [-0.4, -0.2) is 42.0 Å². The Morgan fingerprint density at radius 2 is 1.78 bits per heavy atom. The number of likely N-dealkylation sites (N-methyl/N-ethyl adjacent to an activating group) is 1.